The number of benzene rings is 3. The molecule has 0 saturated heterocycles. The van der Waals surface area contributed by atoms with Crippen LogP contribution in [0.2, 0.25) is 5.02 Å². The zero-order chi connectivity index (χ0) is 23.3. The Bertz CT molecular complexity index is 1050. The first-order valence-corrected chi connectivity index (χ1v) is 11.6. The molecule has 0 radical (unpaired) electrons. The Balaban J connectivity index is 1.49. The van der Waals surface area contributed by atoms with Crippen molar-refractivity contribution in [3.05, 3.63) is 94.5 Å². The Morgan fingerprint density at radius 1 is 0.939 bits per heavy atom. The van der Waals surface area contributed by atoms with Crippen molar-refractivity contribution in [1.29, 1.82) is 0 Å². The molecule has 0 aliphatic carbocycles. The van der Waals surface area contributed by atoms with Crippen LogP contribution in [0.1, 0.15) is 54.1 Å². The third-order valence-corrected chi connectivity index (χ3v) is 5.37. The first kappa shape index (κ1) is 24.3. The number of hydrogen-bond donors (Lipinski definition) is 1. The molecule has 172 valence electrons. The number of halogens is 1. The summed E-state index contributed by atoms with van der Waals surface area (Å²) in [5.41, 5.74) is 4.80. The van der Waals surface area contributed by atoms with Crippen LogP contribution in [0, 0.1) is 0 Å². The van der Waals surface area contributed by atoms with Crippen molar-refractivity contribution in [3.63, 3.8) is 0 Å². The molecule has 0 spiro atoms. The van der Waals surface area contributed by atoms with E-state index < -0.39 is 0 Å². The summed E-state index contributed by atoms with van der Waals surface area (Å²) in [5.74, 6) is 0.984. The lowest BCUT2D eigenvalue weighted by atomic mass is 10.2. The van der Waals surface area contributed by atoms with Gasteiger partial charge in [0.25, 0.3) is 5.91 Å². The zero-order valence-electron chi connectivity index (χ0n) is 18.8. The molecule has 0 saturated carbocycles. The SMILES string of the molecule is CCCCCCOc1ccccc1C(=O)N/N=C\c1ccc(OCc2ccccc2Cl)cc1. The van der Waals surface area contributed by atoms with Gasteiger partial charge in [-0.3, -0.25) is 4.79 Å². The van der Waals surface area contributed by atoms with E-state index in [9.17, 15) is 4.79 Å². The fraction of sp³-hybridized carbons (Fsp3) is 0.259. The topological polar surface area (TPSA) is 59.9 Å². The Labute approximate surface area is 200 Å². The second-order valence-corrected chi connectivity index (χ2v) is 7.96. The number of unbranched alkanes of at least 4 members (excludes halogenated alkanes) is 3. The summed E-state index contributed by atoms with van der Waals surface area (Å²) in [6.07, 6.45) is 6.05. The molecule has 0 fully saturated rings. The van der Waals surface area contributed by atoms with E-state index in [2.05, 4.69) is 17.5 Å². The number of hydrogen-bond acceptors (Lipinski definition) is 4. The fourth-order valence-corrected chi connectivity index (χ4v) is 3.33. The smallest absolute Gasteiger partial charge is 0.275 e. The van der Waals surface area contributed by atoms with E-state index in [1.54, 1.807) is 18.3 Å². The van der Waals surface area contributed by atoms with Crippen LogP contribution in [0.3, 0.4) is 0 Å². The number of ether oxygens (including phenoxy) is 2. The number of nitrogens with zero attached hydrogens (tertiary/aromatic N) is 1. The van der Waals surface area contributed by atoms with Crippen LogP contribution < -0.4 is 14.9 Å². The molecule has 0 aliphatic rings. The fourth-order valence-electron chi connectivity index (χ4n) is 3.14. The van der Waals surface area contributed by atoms with Gasteiger partial charge < -0.3 is 9.47 Å². The second-order valence-electron chi connectivity index (χ2n) is 7.55. The summed E-state index contributed by atoms with van der Waals surface area (Å²) in [4.78, 5) is 12.6. The van der Waals surface area contributed by atoms with Gasteiger partial charge in [-0.25, -0.2) is 5.43 Å². The molecule has 6 heteroatoms. The maximum Gasteiger partial charge on any atom is 0.275 e. The molecule has 5 nitrogen and oxygen atoms in total. The van der Waals surface area contributed by atoms with Gasteiger partial charge >= 0.3 is 0 Å². The van der Waals surface area contributed by atoms with Gasteiger partial charge in [-0.05, 0) is 54.4 Å². The van der Waals surface area contributed by atoms with Crippen LogP contribution in [-0.2, 0) is 6.61 Å². The van der Waals surface area contributed by atoms with E-state index in [1.807, 2.05) is 60.7 Å². The van der Waals surface area contributed by atoms with Gasteiger partial charge in [0.1, 0.15) is 18.1 Å². The lowest BCUT2D eigenvalue weighted by molar-refractivity contribution is 0.0951. The Hall–Kier alpha value is -3.31. The van der Waals surface area contributed by atoms with Gasteiger partial charge in [-0.2, -0.15) is 5.10 Å². The van der Waals surface area contributed by atoms with Crippen molar-refractivity contribution in [2.24, 2.45) is 5.10 Å². The highest BCUT2D eigenvalue weighted by atomic mass is 35.5. The van der Waals surface area contributed by atoms with Crippen LogP contribution in [0.5, 0.6) is 11.5 Å². The third-order valence-electron chi connectivity index (χ3n) is 5.00. The van der Waals surface area contributed by atoms with E-state index in [0.29, 0.717) is 29.5 Å². The summed E-state index contributed by atoms with van der Waals surface area (Å²) in [6.45, 7) is 3.16. The first-order valence-electron chi connectivity index (χ1n) is 11.2. The number of carbonyl (C=O) groups excluding carboxylic acids is 1. The van der Waals surface area contributed by atoms with Gasteiger partial charge in [-0.15, -0.1) is 0 Å². The van der Waals surface area contributed by atoms with Gasteiger partial charge in [-0.1, -0.05) is 68.1 Å². The minimum atomic E-state index is -0.310. The zero-order valence-corrected chi connectivity index (χ0v) is 19.6. The van der Waals surface area contributed by atoms with Gasteiger partial charge in [0.15, 0.2) is 0 Å². The molecular formula is C27H29ClN2O3. The second kappa shape index (κ2) is 13.3. The molecule has 0 aliphatic heterocycles. The van der Waals surface area contributed by atoms with E-state index in [4.69, 9.17) is 21.1 Å². The van der Waals surface area contributed by atoms with E-state index in [0.717, 1.165) is 29.7 Å². The Kier molecular flexibility index (Phi) is 9.80. The number of para-hydroxylation sites is 1. The lowest BCUT2D eigenvalue weighted by Gasteiger charge is -2.10. The molecule has 3 rings (SSSR count). The molecular weight excluding hydrogens is 436 g/mol. The predicted octanol–water partition coefficient (Wildman–Crippen LogP) is 6.64. The number of amides is 1. The van der Waals surface area contributed by atoms with Crippen molar-refractivity contribution < 1.29 is 14.3 Å². The summed E-state index contributed by atoms with van der Waals surface area (Å²) in [6, 6.07) is 22.2. The highest BCUT2D eigenvalue weighted by Crippen LogP contribution is 2.20. The van der Waals surface area contributed by atoms with Gasteiger partial charge in [0, 0.05) is 10.6 Å². The van der Waals surface area contributed by atoms with Gasteiger partial charge in [0.2, 0.25) is 0 Å². The molecule has 3 aromatic carbocycles. The van der Waals surface area contributed by atoms with Crippen molar-refractivity contribution >= 4 is 23.7 Å². The standard InChI is InChI=1S/C27H29ClN2O3/c1-2-3-4-9-18-32-26-13-8-6-11-24(26)27(31)30-29-19-21-14-16-23(17-15-21)33-20-22-10-5-7-12-25(22)28/h5-8,10-17,19H,2-4,9,18,20H2,1H3,(H,30,31)/b29-19-. The Morgan fingerprint density at radius 3 is 2.48 bits per heavy atom. The predicted molar refractivity (Wildman–Crippen MR) is 133 cm³/mol. The first-order chi connectivity index (χ1) is 16.2. The average Bonchev–Trinajstić information content (AvgIpc) is 2.84. The number of hydrazone groups is 1. The lowest BCUT2D eigenvalue weighted by Crippen LogP contribution is -2.18. The highest BCUT2D eigenvalue weighted by molar-refractivity contribution is 6.31. The van der Waals surface area contributed by atoms with E-state index >= 15 is 0 Å². The minimum Gasteiger partial charge on any atom is -0.493 e. The van der Waals surface area contributed by atoms with Crippen molar-refractivity contribution in [2.45, 2.75) is 39.2 Å². The minimum absolute atomic E-state index is 0.310. The quantitative estimate of drug-likeness (QED) is 0.185. The van der Waals surface area contributed by atoms with Crippen LogP contribution in [0.4, 0.5) is 0 Å². The molecule has 0 bridgehead atoms. The molecule has 0 aromatic heterocycles. The molecule has 0 unspecified atom stereocenters. The van der Waals surface area contributed by atoms with Crippen LogP contribution in [0.25, 0.3) is 0 Å². The molecule has 1 N–H and O–H groups in total. The maximum atomic E-state index is 12.6. The van der Waals surface area contributed by atoms with Gasteiger partial charge in [0.05, 0.1) is 18.4 Å². The largest absolute Gasteiger partial charge is 0.493 e. The summed E-state index contributed by atoms with van der Waals surface area (Å²) < 4.78 is 11.6. The number of nitrogens with one attached hydrogen (secondary N) is 1. The molecule has 33 heavy (non-hydrogen) atoms. The summed E-state index contributed by atoms with van der Waals surface area (Å²) >= 11 is 6.16. The average molecular weight is 465 g/mol. The number of rotatable bonds is 12. The molecule has 1 amide bonds. The van der Waals surface area contributed by atoms with E-state index in [-0.39, 0.29) is 5.91 Å². The normalized spacial score (nSPS) is 10.8. The van der Waals surface area contributed by atoms with Crippen LogP contribution in [-0.4, -0.2) is 18.7 Å². The molecule has 3 aromatic rings. The third kappa shape index (κ3) is 7.95. The molecule has 0 atom stereocenters. The monoisotopic (exact) mass is 464 g/mol. The summed E-state index contributed by atoms with van der Waals surface area (Å²) in [7, 11) is 0. The van der Waals surface area contributed by atoms with Crippen LogP contribution >= 0.6 is 11.6 Å². The van der Waals surface area contributed by atoms with Crippen molar-refractivity contribution in [3.8, 4) is 11.5 Å². The highest BCUT2D eigenvalue weighted by Gasteiger charge is 2.11. The maximum absolute atomic E-state index is 12.6. The molecule has 0 heterocycles. The Morgan fingerprint density at radius 2 is 1.70 bits per heavy atom. The summed E-state index contributed by atoms with van der Waals surface area (Å²) in [5, 5.41) is 4.76. The van der Waals surface area contributed by atoms with Crippen molar-refractivity contribution in [2.75, 3.05) is 6.61 Å². The van der Waals surface area contributed by atoms with E-state index in [1.165, 1.54) is 12.8 Å². The number of carbonyl (C=O) groups is 1. The van der Waals surface area contributed by atoms with Crippen LogP contribution in [0.15, 0.2) is 77.9 Å². The van der Waals surface area contributed by atoms with Crippen molar-refractivity contribution in [1.82, 2.24) is 5.43 Å².